The van der Waals surface area contributed by atoms with Crippen LogP contribution in [-0.2, 0) is 4.79 Å². The second-order valence-corrected chi connectivity index (χ2v) is 4.58. The van der Waals surface area contributed by atoms with E-state index in [1.165, 1.54) is 11.1 Å². The van der Waals surface area contributed by atoms with Gasteiger partial charge in [0.15, 0.2) is 0 Å². The Kier molecular flexibility index (Phi) is 5.01. The molecule has 0 radical (unpaired) electrons. The molecule has 0 aromatic heterocycles. The van der Waals surface area contributed by atoms with Gasteiger partial charge in [0, 0.05) is 6.42 Å². The lowest BCUT2D eigenvalue weighted by molar-refractivity contribution is -0.137. The molecule has 0 bridgehead atoms. The highest BCUT2D eigenvalue weighted by molar-refractivity contribution is 5.66. The van der Waals surface area contributed by atoms with E-state index >= 15 is 0 Å². The number of benzene rings is 1. The Morgan fingerprint density at radius 2 is 2.06 bits per heavy atom. The van der Waals surface area contributed by atoms with Crippen molar-refractivity contribution in [2.75, 3.05) is 6.61 Å². The third-order valence-corrected chi connectivity index (χ3v) is 2.54. The van der Waals surface area contributed by atoms with Crippen LogP contribution in [-0.4, -0.2) is 17.7 Å². The van der Waals surface area contributed by atoms with Crippen molar-refractivity contribution in [2.45, 2.75) is 39.5 Å². The van der Waals surface area contributed by atoms with Crippen LogP contribution in [0.2, 0.25) is 0 Å². The molecule has 1 N–H and O–H groups in total. The number of aliphatic carboxylic acids is 1. The molecule has 0 fully saturated rings. The minimum Gasteiger partial charge on any atom is -0.494 e. The highest BCUT2D eigenvalue weighted by Gasteiger charge is 2.04. The SMILES string of the molecule is Cc1cc(OCCCC(=O)O)cc(C(C)C)c1. The Labute approximate surface area is 102 Å². The maximum atomic E-state index is 10.4. The largest absolute Gasteiger partial charge is 0.494 e. The van der Waals surface area contributed by atoms with E-state index in [0.717, 1.165) is 5.75 Å². The van der Waals surface area contributed by atoms with Crippen molar-refractivity contribution in [2.24, 2.45) is 0 Å². The number of carboxylic acid groups (broad SMARTS) is 1. The van der Waals surface area contributed by atoms with Crippen molar-refractivity contribution in [1.29, 1.82) is 0 Å². The normalized spacial score (nSPS) is 10.6. The maximum Gasteiger partial charge on any atom is 0.303 e. The third kappa shape index (κ3) is 4.89. The molecule has 3 heteroatoms. The lowest BCUT2D eigenvalue weighted by atomic mass is 10.0. The van der Waals surface area contributed by atoms with Gasteiger partial charge in [-0.3, -0.25) is 4.79 Å². The molecular formula is C14H20O3. The number of carbonyl (C=O) groups is 1. The average molecular weight is 236 g/mol. The maximum absolute atomic E-state index is 10.4. The summed E-state index contributed by atoms with van der Waals surface area (Å²) in [6.45, 7) is 6.77. The Morgan fingerprint density at radius 1 is 1.35 bits per heavy atom. The van der Waals surface area contributed by atoms with E-state index in [0.29, 0.717) is 18.9 Å². The summed E-state index contributed by atoms with van der Waals surface area (Å²) in [5, 5.41) is 8.52. The van der Waals surface area contributed by atoms with E-state index < -0.39 is 5.97 Å². The van der Waals surface area contributed by atoms with E-state index in [4.69, 9.17) is 9.84 Å². The fourth-order valence-electron chi connectivity index (χ4n) is 1.61. The van der Waals surface area contributed by atoms with Crippen LogP contribution in [0.4, 0.5) is 0 Å². The standard InChI is InChI=1S/C14H20O3/c1-10(2)12-7-11(3)8-13(9-12)17-6-4-5-14(15)16/h7-10H,4-6H2,1-3H3,(H,15,16). The van der Waals surface area contributed by atoms with Gasteiger partial charge >= 0.3 is 5.97 Å². The zero-order valence-corrected chi connectivity index (χ0v) is 10.7. The first kappa shape index (κ1) is 13.6. The van der Waals surface area contributed by atoms with Crippen molar-refractivity contribution in [3.8, 4) is 5.75 Å². The van der Waals surface area contributed by atoms with Gasteiger partial charge in [0.1, 0.15) is 5.75 Å². The molecule has 0 aliphatic carbocycles. The predicted molar refractivity (Wildman–Crippen MR) is 67.6 cm³/mol. The van der Waals surface area contributed by atoms with Crippen molar-refractivity contribution in [3.63, 3.8) is 0 Å². The molecule has 3 nitrogen and oxygen atoms in total. The lowest BCUT2D eigenvalue weighted by Crippen LogP contribution is -2.02. The summed E-state index contributed by atoms with van der Waals surface area (Å²) >= 11 is 0. The van der Waals surface area contributed by atoms with Gasteiger partial charge in [-0.15, -0.1) is 0 Å². The van der Waals surface area contributed by atoms with Crippen LogP contribution in [0.15, 0.2) is 18.2 Å². The van der Waals surface area contributed by atoms with Crippen LogP contribution >= 0.6 is 0 Å². The van der Waals surface area contributed by atoms with Gasteiger partial charge in [-0.05, 0) is 42.5 Å². The molecule has 0 spiro atoms. The molecule has 0 amide bonds. The predicted octanol–water partition coefficient (Wildman–Crippen LogP) is 3.36. The van der Waals surface area contributed by atoms with Gasteiger partial charge in [-0.2, -0.15) is 0 Å². The second kappa shape index (κ2) is 6.28. The van der Waals surface area contributed by atoms with Gasteiger partial charge in [-0.1, -0.05) is 19.9 Å². The Morgan fingerprint density at radius 3 is 2.65 bits per heavy atom. The van der Waals surface area contributed by atoms with Crippen LogP contribution in [0.1, 0.15) is 43.7 Å². The summed E-state index contributed by atoms with van der Waals surface area (Å²) in [6, 6.07) is 6.15. The molecule has 0 saturated carbocycles. The van der Waals surface area contributed by atoms with Crippen LogP contribution in [0.25, 0.3) is 0 Å². The lowest BCUT2D eigenvalue weighted by Gasteiger charge is -2.11. The third-order valence-electron chi connectivity index (χ3n) is 2.54. The molecule has 0 aliphatic heterocycles. The summed E-state index contributed by atoms with van der Waals surface area (Å²) in [4.78, 5) is 10.4. The van der Waals surface area contributed by atoms with E-state index in [1.807, 2.05) is 19.1 Å². The van der Waals surface area contributed by atoms with E-state index in [-0.39, 0.29) is 6.42 Å². The Hall–Kier alpha value is -1.51. The molecule has 1 rings (SSSR count). The minimum absolute atomic E-state index is 0.156. The zero-order valence-electron chi connectivity index (χ0n) is 10.7. The first-order valence-corrected chi connectivity index (χ1v) is 5.95. The highest BCUT2D eigenvalue weighted by atomic mass is 16.5. The van der Waals surface area contributed by atoms with Gasteiger partial charge in [0.25, 0.3) is 0 Å². The molecule has 0 aliphatic rings. The van der Waals surface area contributed by atoms with Crippen LogP contribution < -0.4 is 4.74 Å². The number of rotatable bonds is 6. The number of aryl methyl sites for hydroxylation is 1. The molecule has 0 saturated heterocycles. The molecular weight excluding hydrogens is 216 g/mol. The molecule has 0 atom stereocenters. The van der Waals surface area contributed by atoms with Gasteiger partial charge < -0.3 is 9.84 Å². The van der Waals surface area contributed by atoms with E-state index in [1.54, 1.807) is 0 Å². The van der Waals surface area contributed by atoms with E-state index in [2.05, 4.69) is 19.9 Å². The molecule has 1 aromatic rings. The molecule has 17 heavy (non-hydrogen) atoms. The first-order valence-electron chi connectivity index (χ1n) is 5.95. The Bertz CT molecular complexity index is 383. The Balaban J connectivity index is 2.55. The van der Waals surface area contributed by atoms with Crippen LogP contribution in [0, 0.1) is 6.92 Å². The van der Waals surface area contributed by atoms with Crippen LogP contribution in [0.3, 0.4) is 0 Å². The molecule has 94 valence electrons. The van der Waals surface area contributed by atoms with Crippen molar-refractivity contribution >= 4 is 5.97 Å². The molecule has 1 aromatic carbocycles. The van der Waals surface area contributed by atoms with Gasteiger partial charge in [0.2, 0.25) is 0 Å². The number of hydrogen-bond acceptors (Lipinski definition) is 2. The molecule has 0 heterocycles. The van der Waals surface area contributed by atoms with Crippen molar-refractivity contribution < 1.29 is 14.6 Å². The zero-order chi connectivity index (χ0) is 12.8. The number of ether oxygens (including phenoxy) is 1. The summed E-state index contributed by atoms with van der Waals surface area (Å²) in [5.41, 5.74) is 2.42. The first-order chi connectivity index (χ1) is 7.99. The smallest absolute Gasteiger partial charge is 0.303 e. The van der Waals surface area contributed by atoms with Gasteiger partial charge in [-0.25, -0.2) is 0 Å². The quantitative estimate of drug-likeness (QED) is 0.770. The summed E-state index contributed by atoms with van der Waals surface area (Å²) in [5.74, 6) is 0.524. The fourth-order valence-corrected chi connectivity index (χ4v) is 1.61. The monoisotopic (exact) mass is 236 g/mol. The highest BCUT2D eigenvalue weighted by Crippen LogP contribution is 2.22. The number of carboxylic acids is 1. The topological polar surface area (TPSA) is 46.5 Å². The summed E-state index contributed by atoms with van der Waals surface area (Å²) < 4.78 is 5.56. The van der Waals surface area contributed by atoms with Crippen LogP contribution in [0.5, 0.6) is 5.75 Å². The van der Waals surface area contributed by atoms with Crippen molar-refractivity contribution in [3.05, 3.63) is 29.3 Å². The minimum atomic E-state index is -0.777. The van der Waals surface area contributed by atoms with Gasteiger partial charge in [0.05, 0.1) is 6.61 Å². The van der Waals surface area contributed by atoms with E-state index in [9.17, 15) is 4.79 Å². The summed E-state index contributed by atoms with van der Waals surface area (Å²) in [7, 11) is 0. The fraction of sp³-hybridized carbons (Fsp3) is 0.500. The average Bonchev–Trinajstić information content (AvgIpc) is 2.23. The summed E-state index contributed by atoms with van der Waals surface area (Å²) in [6.07, 6.45) is 0.698. The second-order valence-electron chi connectivity index (χ2n) is 4.58. The molecule has 0 unspecified atom stereocenters. The van der Waals surface area contributed by atoms with Crippen molar-refractivity contribution in [1.82, 2.24) is 0 Å². The number of hydrogen-bond donors (Lipinski definition) is 1.